The zero-order chi connectivity index (χ0) is 109. The molecule has 3 aliphatic carbocycles. The van der Waals surface area contributed by atoms with Gasteiger partial charge in [0, 0.05) is 27.7 Å². The number of hydrogen-bond acceptors (Lipinski definition) is 15. The fourth-order valence-electron chi connectivity index (χ4n) is 14.9. The number of carboxylic acid groups (broad SMARTS) is 1. The third-order valence-electron chi connectivity index (χ3n) is 23.1. The maximum Gasteiger partial charge on any atom is 0.373 e. The van der Waals surface area contributed by atoms with E-state index in [9.17, 15) is 59.1 Å². The van der Waals surface area contributed by atoms with Gasteiger partial charge in [-0.3, -0.25) is 9.59 Å². The van der Waals surface area contributed by atoms with Gasteiger partial charge in [0.25, 0.3) is 23.7 Å². The lowest BCUT2D eigenvalue weighted by Crippen LogP contribution is -2.35. The first-order valence-corrected chi connectivity index (χ1v) is 52.6. The predicted molar refractivity (Wildman–Crippen MR) is 560 cm³/mol. The lowest BCUT2D eigenvalue weighted by Gasteiger charge is -2.25. The minimum absolute atomic E-state index is 0.000389. The van der Waals surface area contributed by atoms with Crippen molar-refractivity contribution in [3.8, 4) is 0 Å². The van der Waals surface area contributed by atoms with Crippen LogP contribution in [0.5, 0.6) is 0 Å². The zero-order valence-electron chi connectivity index (χ0n) is 83.5. The number of aromatic carboxylic acids is 1. The highest BCUT2D eigenvalue weighted by Crippen LogP contribution is 2.49. The number of carbonyl (C=O) groups excluding carboxylic acids is 10. The van der Waals surface area contributed by atoms with E-state index in [0.29, 0.717) is 18.8 Å². The normalized spacial score (nSPS) is 14.3. The van der Waals surface area contributed by atoms with Crippen LogP contribution in [0.15, 0.2) is 477 Å². The van der Waals surface area contributed by atoms with Crippen molar-refractivity contribution in [3.05, 3.63) is 435 Å². The van der Waals surface area contributed by atoms with E-state index in [1.165, 1.54) is 122 Å². The van der Waals surface area contributed by atoms with E-state index in [4.69, 9.17) is 43.3 Å². The minimum Gasteiger partial charge on any atom is -0.478 e. The van der Waals surface area contributed by atoms with Crippen LogP contribution in [0.3, 0.4) is 0 Å². The van der Waals surface area contributed by atoms with Gasteiger partial charge in [0.15, 0.2) is 83.2 Å². The lowest BCUT2D eigenvalue weighted by atomic mass is 9.89. The van der Waals surface area contributed by atoms with E-state index in [0.717, 1.165) is 79.1 Å². The number of carboxylic acids is 1. The topological polar surface area (TPSA) is 245 Å². The summed E-state index contributed by atoms with van der Waals surface area (Å²) in [6.45, 7) is 7.67. The molecule has 2 bridgehead atoms. The molecule has 0 amide bonds. The van der Waals surface area contributed by atoms with E-state index < -0.39 is 78.0 Å². The maximum atomic E-state index is 12.9. The van der Waals surface area contributed by atoms with Gasteiger partial charge in [0.05, 0.1) is 72.1 Å². The number of ether oxygens (including phenoxy) is 4. The number of esters is 4. The number of carbonyl (C=O) groups is 5. The second-order valence-corrected chi connectivity index (χ2v) is 42.3. The number of rotatable bonds is 25. The Balaban J connectivity index is 0.000000228. The Labute approximate surface area is 876 Å². The number of benzene rings is 14. The first kappa shape index (κ1) is 121. The third-order valence-corrected chi connectivity index (χ3v) is 32.0. The number of alkyl halides is 8. The quantitative estimate of drug-likeness (QED) is 0.0242. The van der Waals surface area contributed by atoms with Crippen molar-refractivity contribution in [2.45, 2.75) is 220 Å². The van der Waals surface area contributed by atoms with Crippen LogP contribution in [0.25, 0.3) is 0 Å². The molecule has 0 aromatic heterocycles. The van der Waals surface area contributed by atoms with Gasteiger partial charge in [0.1, 0.15) is 0 Å². The molecule has 0 spiro atoms. The van der Waals surface area contributed by atoms with Gasteiger partial charge in [0.2, 0.25) is 0 Å². The number of fused-ring (bicyclic) bond motifs is 2. The Morgan fingerprint density at radius 1 is 0.262 bits per heavy atom. The van der Waals surface area contributed by atoms with Gasteiger partial charge in [-0.15, -0.1) is 0 Å². The Morgan fingerprint density at radius 3 is 0.638 bits per heavy atom. The minimum atomic E-state index is -3.13. The van der Waals surface area contributed by atoms with Gasteiger partial charge in [-0.25, -0.2) is 49.5 Å². The molecule has 7 unspecified atom stereocenters. The smallest absolute Gasteiger partial charge is 0.373 e. The van der Waals surface area contributed by atoms with Crippen molar-refractivity contribution in [3.63, 3.8) is 0 Å². The average molecular weight is 2110 g/mol. The van der Waals surface area contributed by atoms with E-state index in [1.54, 1.807) is 18.2 Å². The second-order valence-electron chi connectivity index (χ2n) is 34.2. The van der Waals surface area contributed by atoms with Crippen LogP contribution in [0.4, 0.5) is 35.1 Å². The molecule has 17 rings (SSSR count). The maximum absolute atomic E-state index is 12.9. The molecule has 0 saturated heterocycles. The highest BCUT2D eigenvalue weighted by molar-refractivity contribution is 7.98. The molecular weight excluding hydrogens is 1990 g/mol. The van der Waals surface area contributed by atoms with E-state index in [1.807, 2.05) is 0 Å². The van der Waals surface area contributed by atoms with Gasteiger partial charge in [-0.2, -0.15) is 28.8 Å². The van der Waals surface area contributed by atoms with Crippen molar-refractivity contribution < 1.29 is 112 Å². The van der Waals surface area contributed by atoms with Gasteiger partial charge < -0.3 is 24.1 Å². The van der Waals surface area contributed by atoms with Crippen LogP contribution < -0.4 is 0 Å². The van der Waals surface area contributed by atoms with E-state index in [2.05, 4.69) is 373 Å². The third kappa shape index (κ3) is 42.7. The Morgan fingerprint density at radius 2 is 0.450 bits per heavy atom. The molecule has 1 N–H and O–H groups in total. The van der Waals surface area contributed by atoms with Crippen LogP contribution in [-0.2, 0) is 101 Å². The Kier molecular flexibility index (Phi) is 52.5. The summed E-state index contributed by atoms with van der Waals surface area (Å²) in [5.74, 6) is -15.0. The molecule has 149 heavy (non-hydrogen) atoms. The molecule has 28 heteroatoms. The van der Waals surface area contributed by atoms with E-state index >= 15 is 0 Å². The molecule has 7 atom stereocenters. The molecule has 16 nitrogen and oxygen atoms in total. The molecule has 14 aromatic rings. The summed E-state index contributed by atoms with van der Waals surface area (Å²) in [5.41, 5.74) is 0.296. The van der Waals surface area contributed by atoms with Crippen molar-refractivity contribution in [1.82, 2.24) is 0 Å². The van der Waals surface area contributed by atoms with Crippen molar-refractivity contribution in [2.24, 2.45) is 23.7 Å². The Bertz CT molecular complexity index is 5410. The van der Waals surface area contributed by atoms with Gasteiger partial charge in [-0.05, 0) is 254 Å². The monoisotopic (exact) mass is 2110 g/mol. The molecule has 0 aliphatic heterocycles. The van der Waals surface area contributed by atoms with Crippen LogP contribution in [-0.4, -0.2) is 102 Å². The molecule has 3 aliphatic rings. The fraction of sp³-hybridized carbons (Fsp3) is 0.240. The predicted octanol–water partition coefficient (Wildman–Crippen LogP) is 29.0. The number of hydrogen-bond donors (Lipinski definition) is 1. The van der Waals surface area contributed by atoms with Crippen molar-refractivity contribution in [1.29, 1.82) is 0 Å². The van der Waals surface area contributed by atoms with Crippen LogP contribution in [0.1, 0.15) is 144 Å². The molecule has 14 aromatic carbocycles. The largest absolute Gasteiger partial charge is 0.478 e. The Hall–Kier alpha value is -14.6. The van der Waals surface area contributed by atoms with Crippen LogP contribution in [0.2, 0.25) is 0 Å². The molecule has 0 radical (unpaired) electrons. The van der Waals surface area contributed by atoms with Crippen LogP contribution >= 0.6 is 0 Å². The van der Waals surface area contributed by atoms with Gasteiger partial charge >= 0.3 is 48.3 Å². The fourth-order valence-corrected chi connectivity index (χ4v) is 23.3. The van der Waals surface area contributed by atoms with E-state index in [-0.39, 0.29) is 90.6 Å². The first-order valence-electron chi connectivity index (χ1n) is 47.7. The molecule has 776 valence electrons. The molecular formula is C121H120F8O16S4+4. The van der Waals surface area contributed by atoms with Crippen molar-refractivity contribution >= 4 is 91.9 Å². The lowest BCUT2D eigenvalue weighted by molar-refractivity contribution is -0.193. The average Bonchev–Trinajstić information content (AvgIpc) is 1.72. The summed E-state index contributed by atoms with van der Waals surface area (Å²) in [4.78, 5) is 122. The summed E-state index contributed by atoms with van der Waals surface area (Å²) < 4.78 is 121. The summed E-state index contributed by atoms with van der Waals surface area (Å²) in [6, 6.07) is 142. The molecule has 3 saturated carbocycles. The molecule has 3 fully saturated rings. The second kappa shape index (κ2) is 64.5. The SMILES string of the molecule is CC(OC(=O)C1CC2CCC1C2)C(C)(F)F.CC(OC(=O)C1CCCCC1)C(C)(F)F.CC(OC(=O)c1ccc(C(=O)O)cc1)C(C)(F)F.CC(OC(=O)c1ccccc1)C(C)(F)F.O=C=O.O=C=O.O=C=O.c1ccc([S+](c2ccccc2)c2ccccc2)cc1.c1ccc([S+](c2ccccc2)c2ccccc2)cc1.c1ccc([S+](c2ccccc2)c2ccccc2)cc1.c1ccc([S+](c2ccccc2)c2ccccc2)cc1. The summed E-state index contributed by atoms with van der Waals surface area (Å²) >= 11 is 0. The van der Waals surface area contributed by atoms with Crippen LogP contribution in [0, 0.1) is 23.7 Å². The standard InChI is InChI=1S/4C18H15S.C12H12F2O4.C12H18F2O2.C11H18F2O2.C11H12F2O2.3CO2/c4*1-4-10-16(11-5-1)19(17-12-6-2-7-13-17)18-14-8-3-9-15-18;1-7(12(2,13)14)18-11(17)9-5-3-8(4-6-9)10(15)16;1-7(12(2,13)14)16-11(15)10-6-8-3-4-9(10)5-8;2*1-8(11(2,12)13)15-10(14)9-6-4-3-5-7-9;3*2-1-3/h4*1-15H;3-7H,1-2H3,(H,15,16);7-10H,3-6H2,1-2H3;8-9H,3-7H2,1-2H3;3-8H,1-2H3;;;/q4*+1;;;;;;;. The summed E-state index contributed by atoms with van der Waals surface area (Å²) in [5, 5.41) is 8.65. The zero-order valence-corrected chi connectivity index (χ0v) is 86.8. The first-order chi connectivity index (χ1) is 71.5. The highest BCUT2D eigenvalue weighted by atomic mass is 32.2. The van der Waals surface area contributed by atoms with Gasteiger partial charge in [-0.1, -0.05) is 262 Å². The summed E-state index contributed by atoms with van der Waals surface area (Å²) in [6.07, 6.45) is 3.97. The number of halogens is 8. The highest BCUT2D eigenvalue weighted by Gasteiger charge is 2.46. The van der Waals surface area contributed by atoms with Crippen molar-refractivity contribution in [2.75, 3.05) is 0 Å². The summed E-state index contributed by atoms with van der Waals surface area (Å²) in [7, 11) is -0.0585. The molecule has 0 heterocycles.